The molecule has 0 aromatic heterocycles. The van der Waals surface area contributed by atoms with Crippen LogP contribution in [-0.2, 0) is 9.53 Å². The van der Waals surface area contributed by atoms with Gasteiger partial charge in [-0.1, -0.05) is 0 Å². The fourth-order valence-corrected chi connectivity index (χ4v) is 2.45. The minimum atomic E-state index is 0.209. The summed E-state index contributed by atoms with van der Waals surface area (Å²) in [6.45, 7) is 3.53. The number of methoxy groups -OCH3 is 1. The quantitative estimate of drug-likeness (QED) is 0.712. The van der Waals surface area contributed by atoms with Crippen molar-refractivity contribution in [1.29, 1.82) is 0 Å². The first-order valence-electron chi connectivity index (χ1n) is 5.83. The number of carbonyl (C=O) groups is 1. The zero-order valence-electron chi connectivity index (χ0n) is 9.37. The molecule has 2 heterocycles. The van der Waals surface area contributed by atoms with Crippen molar-refractivity contribution in [1.82, 2.24) is 10.2 Å². The summed E-state index contributed by atoms with van der Waals surface area (Å²) < 4.78 is 5.32. The summed E-state index contributed by atoms with van der Waals surface area (Å²) in [4.78, 5) is 14.1. The third kappa shape index (κ3) is 2.49. The van der Waals surface area contributed by atoms with Crippen LogP contribution < -0.4 is 5.32 Å². The predicted octanol–water partition coefficient (Wildman–Crippen LogP) is 0.233. The number of ether oxygens (including phenoxy) is 1. The zero-order chi connectivity index (χ0) is 10.7. The SMILES string of the molecule is COC1CCCN(C(=O)[C@@H]2CCNC2)C1. The van der Waals surface area contributed by atoms with Crippen molar-refractivity contribution in [3.05, 3.63) is 0 Å². The number of carbonyl (C=O) groups excluding carboxylic acids is 1. The van der Waals surface area contributed by atoms with E-state index in [2.05, 4.69) is 5.32 Å². The Labute approximate surface area is 91.0 Å². The lowest BCUT2D eigenvalue weighted by molar-refractivity contribution is -0.138. The zero-order valence-corrected chi connectivity index (χ0v) is 9.37. The van der Waals surface area contributed by atoms with Gasteiger partial charge in [-0.05, 0) is 25.8 Å². The number of amides is 1. The van der Waals surface area contributed by atoms with E-state index >= 15 is 0 Å². The number of hydrogen-bond acceptors (Lipinski definition) is 3. The van der Waals surface area contributed by atoms with Crippen LogP contribution in [0.2, 0.25) is 0 Å². The Balaban J connectivity index is 1.88. The molecule has 1 N–H and O–H groups in total. The van der Waals surface area contributed by atoms with Crippen LogP contribution in [0.15, 0.2) is 0 Å². The van der Waals surface area contributed by atoms with Gasteiger partial charge in [0.2, 0.25) is 5.91 Å². The van der Waals surface area contributed by atoms with E-state index in [4.69, 9.17) is 4.74 Å². The smallest absolute Gasteiger partial charge is 0.227 e. The molecule has 2 aliphatic heterocycles. The molecule has 0 aromatic carbocycles. The number of nitrogens with one attached hydrogen (secondary N) is 1. The van der Waals surface area contributed by atoms with Gasteiger partial charge in [0.05, 0.1) is 12.0 Å². The van der Waals surface area contributed by atoms with Crippen LogP contribution in [0.5, 0.6) is 0 Å². The van der Waals surface area contributed by atoms with E-state index in [1.54, 1.807) is 7.11 Å². The number of nitrogens with zero attached hydrogens (tertiary/aromatic N) is 1. The molecule has 2 rings (SSSR count). The second kappa shape index (κ2) is 4.94. The third-order valence-corrected chi connectivity index (χ3v) is 3.43. The van der Waals surface area contributed by atoms with Gasteiger partial charge < -0.3 is 15.0 Å². The van der Waals surface area contributed by atoms with Crippen LogP contribution in [0.4, 0.5) is 0 Å². The second-order valence-electron chi connectivity index (χ2n) is 4.47. The van der Waals surface area contributed by atoms with Gasteiger partial charge in [0, 0.05) is 26.7 Å². The lowest BCUT2D eigenvalue weighted by Gasteiger charge is -2.33. The van der Waals surface area contributed by atoms with Crippen LogP contribution in [0.3, 0.4) is 0 Å². The molecule has 0 aliphatic carbocycles. The molecule has 2 saturated heterocycles. The van der Waals surface area contributed by atoms with Gasteiger partial charge in [-0.15, -0.1) is 0 Å². The van der Waals surface area contributed by atoms with E-state index < -0.39 is 0 Å². The largest absolute Gasteiger partial charge is 0.380 e. The highest BCUT2D eigenvalue weighted by Crippen LogP contribution is 2.17. The fraction of sp³-hybridized carbons (Fsp3) is 0.909. The van der Waals surface area contributed by atoms with Crippen LogP contribution in [0.1, 0.15) is 19.3 Å². The monoisotopic (exact) mass is 212 g/mol. The molecule has 0 saturated carbocycles. The highest BCUT2D eigenvalue weighted by molar-refractivity contribution is 5.79. The van der Waals surface area contributed by atoms with E-state index in [-0.39, 0.29) is 12.0 Å². The molecular formula is C11H20N2O2. The summed E-state index contributed by atoms with van der Waals surface area (Å²) in [5.41, 5.74) is 0. The summed E-state index contributed by atoms with van der Waals surface area (Å²) in [7, 11) is 1.73. The average molecular weight is 212 g/mol. The maximum atomic E-state index is 12.1. The van der Waals surface area contributed by atoms with Gasteiger partial charge in [-0.3, -0.25) is 4.79 Å². The van der Waals surface area contributed by atoms with Crippen molar-refractivity contribution >= 4 is 5.91 Å². The summed E-state index contributed by atoms with van der Waals surface area (Å²) >= 11 is 0. The van der Waals surface area contributed by atoms with Gasteiger partial charge in [-0.2, -0.15) is 0 Å². The van der Waals surface area contributed by atoms with E-state index in [0.717, 1.165) is 45.4 Å². The normalized spacial score (nSPS) is 31.9. The van der Waals surface area contributed by atoms with Gasteiger partial charge in [0.25, 0.3) is 0 Å². The molecule has 1 unspecified atom stereocenters. The lowest BCUT2D eigenvalue weighted by atomic mass is 10.0. The second-order valence-corrected chi connectivity index (χ2v) is 4.47. The minimum absolute atomic E-state index is 0.209. The van der Waals surface area contributed by atoms with Crippen LogP contribution >= 0.6 is 0 Å². The summed E-state index contributed by atoms with van der Waals surface area (Å²) in [5.74, 6) is 0.530. The molecular weight excluding hydrogens is 192 g/mol. The van der Waals surface area contributed by atoms with Crippen molar-refractivity contribution in [2.75, 3.05) is 33.3 Å². The Morgan fingerprint density at radius 2 is 2.33 bits per heavy atom. The first-order valence-corrected chi connectivity index (χ1v) is 5.83. The van der Waals surface area contributed by atoms with E-state index in [9.17, 15) is 4.79 Å². The standard InChI is InChI=1S/C11H20N2O2/c1-15-10-3-2-6-13(8-10)11(14)9-4-5-12-7-9/h9-10,12H,2-8H2,1H3/t9-,10?/m1/s1. The topological polar surface area (TPSA) is 41.6 Å². The van der Waals surface area contributed by atoms with Crippen LogP contribution in [-0.4, -0.2) is 50.2 Å². The van der Waals surface area contributed by atoms with Gasteiger partial charge >= 0.3 is 0 Å². The van der Waals surface area contributed by atoms with E-state index in [1.807, 2.05) is 4.90 Å². The molecule has 0 spiro atoms. The van der Waals surface area contributed by atoms with Gasteiger partial charge in [0.15, 0.2) is 0 Å². The van der Waals surface area contributed by atoms with Gasteiger partial charge in [-0.25, -0.2) is 0 Å². The first-order chi connectivity index (χ1) is 7.31. The van der Waals surface area contributed by atoms with Crippen molar-refractivity contribution < 1.29 is 9.53 Å². The fourth-order valence-electron chi connectivity index (χ4n) is 2.45. The molecule has 2 aliphatic rings. The van der Waals surface area contributed by atoms with Crippen LogP contribution in [0.25, 0.3) is 0 Å². The Morgan fingerprint density at radius 3 is 3.00 bits per heavy atom. The molecule has 86 valence electrons. The Morgan fingerprint density at radius 1 is 1.47 bits per heavy atom. The van der Waals surface area contributed by atoms with E-state index in [0.29, 0.717) is 5.91 Å². The first kappa shape index (κ1) is 10.9. The highest BCUT2D eigenvalue weighted by Gasteiger charge is 2.30. The van der Waals surface area contributed by atoms with Gasteiger partial charge in [0.1, 0.15) is 0 Å². The summed E-state index contributed by atoms with van der Waals surface area (Å²) in [6.07, 6.45) is 3.40. The maximum absolute atomic E-state index is 12.1. The molecule has 4 heteroatoms. The average Bonchev–Trinajstić information content (AvgIpc) is 2.81. The molecule has 0 bridgehead atoms. The molecule has 2 atom stereocenters. The predicted molar refractivity (Wildman–Crippen MR) is 57.6 cm³/mol. The van der Waals surface area contributed by atoms with Crippen LogP contribution in [0, 0.1) is 5.92 Å². The highest BCUT2D eigenvalue weighted by atomic mass is 16.5. The maximum Gasteiger partial charge on any atom is 0.227 e. The Bertz CT molecular complexity index is 227. The number of likely N-dealkylation sites (tertiary alicyclic amines) is 1. The number of rotatable bonds is 2. The number of hydrogen-bond donors (Lipinski definition) is 1. The molecule has 1 amide bonds. The summed E-state index contributed by atoms with van der Waals surface area (Å²) in [5, 5.41) is 3.24. The third-order valence-electron chi connectivity index (χ3n) is 3.43. The summed E-state index contributed by atoms with van der Waals surface area (Å²) in [6, 6.07) is 0. The number of piperidine rings is 1. The Hall–Kier alpha value is -0.610. The van der Waals surface area contributed by atoms with Crippen molar-refractivity contribution in [2.45, 2.75) is 25.4 Å². The van der Waals surface area contributed by atoms with Crippen molar-refractivity contribution in [3.63, 3.8) is 0 Å². The Kier molecular flexibility index (Phi) is 3.59. The molecule has 15 heavy (non-hydrogen) atoms. The van der Waals surface area contributed by atoms with Crippen molar-refractivity contribution in [2.24, 2.45) is 5.92 Å². The molecule has 2 fully saturated rings. The molecule has 0 radical (unpaired) electrons. The molecule has 4 nitrogen and oxygen atoms in total. The lowest BCUT2D eigenvalue weighted by Crippen LogP contribution is -2.45. The minimum Gasteiger partial charge on any atom is -0.380 e. The molecule has 0 aromatic rings. The van der Waals surface area contributed by atoms with E-state index in [1.165, 1.54) is 0 Å². The van der Waals surface area contributed by atoms with Crippen molar-refractivity contribution in [3.8, 4) is 0 Å².